The second kappa shape index (κ2) is 9.99. The molecule has 45 heavy (non-hydrogen) atoms. The lowest BCUT2D eigenvalue weighted by Gasteiger charge is -2.33. The van der Waals surface area contributed by atoms with Gasteiger partial charge in [-0.1, -0.05) is 72.8 Å². The Hall–Kier alpha value is -5.04. The van der Waals surface area contributed by atoms with E-state index >= 15 is 0 Å². The minimum atomic E-state index is -1.24. The molecular formula is C36H30N4O5. The molecule has 2 amide bonds. The first-order valence-corrected chi connectivity index (χ1v) is 15.1. The van der Waals surface area contributed by atoms with Crippen molar-refractivity contribution in [2.75, 3.05) is 11.5 Å². The van der Waals surface area contributed by atoms with E-state index in [4.69, 9.17) is 14.6 Å². The van der Waals surface area contributed by atoms with Crippen LogP contribution in [0.4, 0.5) is 5.69 Å². The van der Waals surface area contributed by atoms with Gasteiger partial charge in [-0.15, -0.1) is 5.10 Å². The number of aliphatic hydroxyl groups is 1. The smallest absolute Gasteiger partial charge is 0.240 e. The summed E-state index contributed by atoms with van der Waals surface area (Å²) in [6.45, 7) is 2.46. The Bertz CT molecular complexity index is 2050. The van der Waals surface area contributed by atoms with E-state index in [1.54, 1.807) is 13.0 Å². The first-order valence-electron chi connectivity index (χ1n) is 15.1. The number of amides is 2. The molecule has 0 radical (unpaired) electrons. The third-order valence-corrected chi connectivity index (χ3v) is 9.94. The number of anilines is 1. The number of carbonyl (C=O) groups excluding carboxylic acids is 2. The van der Waals surface area contributed by atoms with Crippen LogP contribution in [0.25, 0.3) is 21.7 Å². The number of fused-ring (bicyclic) bond motifs is 7. The topological polar surface area (TPSA) is 118 Å². The molecule has 2 bridgehead atoms. The Labute approximate surface area is 259 Å². The Kier molecular flexibility index (Phi) is 6.11. The Morgan fingerprint density at radius 2 is 1.67 bits per heavy atom. The number of carbonyl (C=O) groups is 2. The Morgan fingerprint density at radius 3 is 2.47 bits per heavy atom. The molecule has 4 heterocycles. The molecule has 5 unspecified atom stereocenters. The zero-order chi connectivity index (χ0) is 30.9. The summed E-state index contributed by atoms with van der Waals surface area (Å²) in [6.07, 6.45) is -0.461. The van der Waals surface area contributed by atoms with Crippen LogP contribution in [0.5, 0.6) is 5.88 Å². The van der Waals surface area contributed by atoms with E-state index in [-0.39, 0.29) is 30.7 Å². The summed E-state index contributed by atoms with van der Waals surface area (Å²) >= 11 is 0. The van der Waals surface area contributed by atoms with Crippen LogP contribution < -0.4 is 9.64 Å². The number of nitriles is 1. The van der Waals surface area contributed by atoms with Gasteiger partial charge in [0.25, 0.3) is 0 Å². The van der Waals surface area contributed by atoms with Gasteiger partial charge >= 0.3 is 0 Å². The lowest BCUT2D eigenvalue weighted by Crippen LogP contribution is -2.49. The maximum absolute atomic E-state index is 14.2. The van der Waals surface area contributed by atoms with Crippen molar-refractivity contribution in [1.82, 2.24) is 9.78 Å². The van der Waals surface area contributed by atoms with Gasteiger partial charge in [0.15, 0.2) is 0 Å². The van der Waals surface area contributed by atoms with Crippen LogP contribution in [0.2, 0.25) is 0 Å². The van der Waals surface area contributed by atoms with Gasteiger partial charge in [-0.05, 0) is 36.1 Å². The van der Waals surface area contributed by atoms with Crippen molar-refractivity contribution in [3.63, 3.8) is 0 Å². The van der Waals surface area contributed by atoms with Gasteiger partial charge < -0.3 is 14.6 Å². The molecule has 1 N–H and O–H groups in total. The summed E-state index contributed by atoms with van der Waals surface area (Å²) in [6, 6.07) is 31.0. The van der Waals surface area contributed by atoms with Crippen molar-refractivity contribution >= 4 is 39.2 Å². The molecule has 9 heteroatoms. The Morgan fingerprint density at radius 1 is 0.956 bits per heavy atom. The monoisotopic (exact) mass is 598 g/mol. The van der Waals surface area contributed by atoms with Crippen LogP contribution in [0, 0.1) is 23.2 Å². The second-order valence-corrected chi connectivity index (χ2v) is 12.4. The lowest BCUT2D eigenvalue weighted by molar-refractivity contribution is -0.134. The number of hydrogen-bond acceptors (Lipinski definition) is 7. The molecule has 4 aromatic carbocycles. The van der Waals surface area contributed by atoms with Gasteiger partial charge in [0, 0.05) is 18.2 Å². The third-order valence-electron chi connectivity index (χ3n) is 9.94. The van der Waals surface area contributed by atoms with Crippen molar-refractivity contribution in [2.45, 2.75) is 43.6 Å². The van der Waals surface area contributed by atoms with Crippen LogP contribution >= 0.6 is 0 Å². The Balaban J connectivity index is 1.09. The van der Waals surface area contributed by atoms with Gasteiger partial charge in [0.2, 0.25) is 17.7 Å². The van der Waals surface area contributed by atoms with E-state index in [2.05, 4.69) is 6.07 Å². The van der Waals surface area contributed by atoms with E-state index < -0.39 is 41.0 Å². The molecule has 0 aliphatic carbocycles. The first kappa shape index (κ1) is 27.5. The molecule has 1 aromatic heterocycles. The van der Waals surface area contributed by atoms with Crippen LogP contribution in [0.3, 0.4) is 0 Å². The molecular weight excluding hydrogens is 568 g/mol. The molecule has 3 fully saturated rings. The molecule has 5 aromatic rings. The van der Waals surface area contributed by atoms with Crippen molar-refractivity contribution in [1.29, 1.82) is 5.26 Å². The number of aromatic nitrogens is 2. The minimum absolute atomic E-state index is 0.166. The summed E-state index contributed by atoms with van der Waals surface area (Å²) in [5, 5.41) is 28.4. The van der Waals surface area contributed by atoms with Crippen molar-refractivity contribution < 1.29 is 24.2 Å². The lowest BCUT2D eigenvalue weighted by atomic mass is 9.66. The molecule has 224 valence electrons. The molecule has 9 nitrogen and oxygen atoms in total. The van der Waals surface area contributed by atoms with Crippen molar-refractivity contribution in [3.8, 4) is 11.9 Å². The molecule has 3 saturated heterocycles. The van der Waals surface area contributed by atoms with Crippen molar-refractivity contribution in [2.24, 2.45) is 11.8 Å². The number of ether oxygens (including phenoxy) is 2. The highest BCUT2D eigenvalue weighted by atomic mass is 16.6. The highest BCUT2D eigenvalue weighted by Crippen LogP contribution is 2.62. The predicted molar refractivity (Wildman–Crippen MR) is 166 cm³/mol. The summed E-state index contributed by atoms with van der Waals surface area (Å²) in [5.74, 6) is -2.08. The zero-order valence-electron chi connectivity index (χ0n) is 24.6. The number of imide groups is 1. The number of aliphatic hydroxyl groups excluding tert-OH is 1. The normalized spacial score (nSPS) is 27.0. The quantitative estimate of drug-likeness (QED) is 0.263. The van der Waals surface area contributed by atoms with Gasteiger partial charge in [0.1, 0.15) is 11.7 Å². The highest BCUT2D eigenvalue weighted by molar-refractivity contribution is 6.24. The van der Waals surface area contributed by atoms with E-state index in [9.17, 15) is 20.0 Å². The molecule has 8 rings (SSSR count). The fourth-order valence-corrected chi connectivity index (χ4v) is 7.83. The highest BCUT2D eigenvalue weighted by Gasteiger charge is 2.77. The number of para-hydroxylation sites is 1. The van der Waals surface area contributed by atoms with Crippen LogP contribution in [-0.4, -0.2) is 50.6 Å². The SMILES string of the molecule is CC12OC(CCOc3nn(Cc4ccccc4)c4ccccc34)(CC1O)C1C(=O)N(c3ccc4ccccc4c3C#N)C(=O)C12. The average Bonchev–Trinajstić information content (AvgIpc) is 3.71. The third kappa shape index (κ3) is 3.96. The van der Waals surface area contributed by atoms with Crippen molar-refractivity contribution in [3.05, 3.63) is 102 Å². The standard InChI is InChI=1S/C36H30N4O5/c1-35-29(41)19-36(45-35,17-18-44-32-25-13-7-8-14-27(25)39(38-32)21-22-9-3-2-4-10-22)31-30(35)33(42)40(34(31)43)28-16-15-23-11-5-6-12-24(23)26(28)20-37/h2-16,29-31,41H,17-19,21H2,1H3. The summed E-state index contributed by atoms with van der Waals surface area (Å²) in [4.78, 5) is 29.4. The fourth-order valence-electron chi connectivity index (χ4n) is 7.83. The van der Waals surface area contributed by atoms with Gasteiger partial charge in [-0.3, -0.25) is 14.3 Å². The van der Waals surface area contributed by atoms with E-state index in [1.807, 2.05) is 89.6 Å². The molecule has 3 aliphatic rings. The van der Waals surface area contributed by atoms with Crippen LogP contribution in [-0.2, 0) is 20.9 Å². The fraction of sp³-hybridized carbons (Fsp3) is 0.278. The summed E-state index contributed by atoms with van der Waals surface area (Å²) in [7, 11) is 0. The average molecular weight is 599 g/mol. The van der Waals surface area contributed by atoms with E-state index in [0.29, 0.717) is 17.8 Å². The largest absolute Gasteiger partial charge is 0.476 e. The number of benzene rings is 4. The predicted octanol–water partition coefficient (Wildman–Crippen LogP) is 4.98. The van der Waals surface area contributed by atoms with Gasteiger partial charge in [-0.2, -0.15) is 5.26 Å². The molecule has 0 saturated carbocycles. The number of nitrogens with zero attached hydrogens (tertiary/aromatic N) is 4. The van der Waals surface area contributed by atoms with Gasteiger partial charge in [0.05, 0.1) is 58.8 Å². The van der Waals surface area contributed by atoms with Crippen LogP contribution in [0.15, 0.2) is 91.0 Å². The summed E-state index contributed by atoms with van der Waals surface area (Å²) in [5.41, 5.74) is 0.239. The zero-order valence-corrected chi connectivity index (χ0v) is 24.6. The van der Waals surface area contributed by atoms with E-state index in [0.717, 1.165) is 26.8 Å². The summed E-state index contributed by atoms with van der Waals surface area (Å²) < 4.78 is 14.7. The maximum Gasteiger partial charge on any atom is 0.240 e. The maximum atomic E-state index is 14.2. The first-order chi connectivity index (χ1) is 21.8. The molecule has 0 spiro atoms. The van der Waals surface area contributed by atoms with Gasteiger partial charge in [-0.25, -0.2) is 4.90 Å². The van der Waals surface area contributed by atoms with E-state index in [1.165, 1.54) is 0 Å². The van der Waals surface area contributed by atoms with Crippen LogP contribution in [0.1, 0.15) is 30.9 Å². The minimum Gasteiger partial charge on any atom is -0.476 e. The second-order valence-electron chi connectivity index (χ2n) is 12.4. The molecule has 3 aliphatic heterocycles. The molecule has 5 atom stereocenters. The number of hydrogen-bond donors (Lipinski definition) is 1. The number of rotatable bonds is 7.